The topological polar surface area (TPSA) is 69.6 Å². The predicted molar refractivity (Wildman–Crippen MR) is 89.3 cm³/mol. The van der Waals surface area contributed by atoms with E-state index in [0.717, 1.165) is 12.8 Å². The molecule has 2 bridgehead atoms. The van der Waals surface area contributed by atoms with E-state index in [2.05, 4.69) is 35.6 Å². The van der Waals surface area contributed by atoms with Gasteiger partial charge in [-0.25, -0.2) is 14.8 Å². The highest BCUT2D eigenvalue weighted by atomic mass is 35.5. The van der Waals surface area contributed by atoms with Crippen LogP contribution in [0.1, 0.15) is 33.6 Å². The van der Waals surface area contributed by atoms with E-state index in [1.54, 1.807) is 11.0 Å². The van der Waals surface area contributed by atoms with Gasteiger partial charge < -0.3 is 10.0 Å². The number of amides is 1. The highest BCUT2D eigenvalue weighted by Crippen LogP contribution is 2.50. The summed E-state index contributed by atoms with van der Waals surface area (Å²) in [6.07, 6.45) is 0.851. The summed E-state index contributed by atoms with van der Waals surface area (Å²) in [5, 5.41) is 10.1. The van der Waals surface area contributed by atoms with E-state index < -0.39 is 11.6 Å². The van der Waals surface area contributed by atoms with Crippen molar-refractivity contribution in [2.75, 3.05) is 18.0 Å². The highest BCUT2D eigenvalue weighted by molar-refractivity contribution is 6.32. The first-order chi connectivity index (χ1) is 10.6. The van der Waals surface area contributed by atoms with Crippen LogP contribution in [-0.4, -0.2) is 50.7 Å². The van der Waals surface area contributed by atoms with E-state index in [1.165, 1.54) is 0 Å². The fraction of sp³-hybridized carbons (Fsp3) is 0.667. The lowest BCUT2D eigenvalue weighted by atomic mass is 9.71. The van der Waals surface area contributed by atoms with Gasteiger partial charge in [0.15, 0.2) is 0 Å². The van der Waals surface area contributed by atoms with Gasteiger partial charge in [-0.05, 0) is 29.9 Å². The van der Waals surface area contributed by atoms with Gasteiger partial charge in [-0.2, -0.15) is 0 Å². The molecule has 2 atom stereocenters. The van der Waals surface area contributed by atoms with Gasteiger partial charge in [-0.1, -0.05) is 32.4 Å². The van der Waals surface area contributed by atoms with Crippen LogP contribution < -0.4 is 4.90 Å². The molecule has 1 aromatic heterocycles. The molecular weight excluding hydrogens is 339 g/mol. The van der Waals surface area contributed by atoms with Crippen LogP contribution in [0.4, 0.5) is 10.6 Å². The average molecular weight is 359 g/mol. The quantitative estimate of drug-likeness (QED) is 0.614. The van der Waals surface area contributed by atoms with E-state index in [4.69, 9.17) is 23.2 Å². The molecule has 6 nitrogen and oxygen atoms in total. The monoisotopic (exact) mass is 358 g/mol. The molecule has 0 unspecified atom stereocenters. The van der Waals surface area contributed by atoms with Crippen molar-refractivity contribution in [1.29, 1.82) is 0 Å². The lowest BCUT2D eigenvalue weighted by molar-refractivity contribution is 0.00525. The summed E-state index contributed by atoms with van der Waals surface area (Å²) in [5.74, 6) is 0.653. The molecule has 1 amide bonds. The Balaban J connectivity index is 2.02. The summed E-state index contributed by atoms with van der Waals surface area (Å²) >= 11 is 11.9. The fourth-order valence-corrected chi connectivity index (χ4v) is 4.39. The van der Waals surface area contributed by atoms with E-state index in [1.807, 2.05) is 0 Å². The molecule has 3 heterocycles. The van der Waals surface area contributed by atoms with Crippen molar-refractivity contribution in [1.82, 2.24) is 14.9 Å². The molecule has 0 radical (unpaired) electrons. The Hall–Kier alpha value is -1.27. The molecular formula is C15H20Cl2N4O2. The van der Waals surface area contributed by atoms with Crippen LogP contribution in [0.3, 0.4) is 0 Å². The second-order valence-electron chi connectivity index (χ2n) is 7.33. The van der Waals surface area contributed by atoms with Crippen molar-refractivity contribution in [3.63, 3.8) is 0 Å². The predicted octanol–water partition coefficient (Wildman–Crippen LogP) is 3.53. The van der Waals surface area contributed by atoms with E-state index >= 15 is 0 Å². The Morgan fingerprint density at radius 2 is 2.09 bits per heavy atom. The molecule has 1 N–H and O–H groups in total. The zero-order valence-electron chi connectivity index (χ0n) is 13.4. The Kier molecular flexibility index (Phi) is 3.88. The Morgan fingerprint density at radius 3 is 2.65 bits per heavy atom. The molecule has 2 fully saturated rings. The lowest BCUT2D eigenvalue weighted by Gasteiger charge is -2.54. The Labute approximate surface area is 145 Å². The van der Waals surface area contributed by atoms with Gasteiger partial charge in [0.05, 0.1) is 11.6 Å². The standard InChI is InChI=1S/C15H20Cl2N4O2/c1-14(2,3)15-5-4-9(21(15)13(22)23)7-20(8-15)11-6-10(16)18-12(17)19-11/h6,9H,4-5,7-8H2,1-3H3,(H,22,23)/t9-,15-/m0/s1. The number of rotatable bonds is 1. The molecule has 3 rings (SSSR count). The van der Waals surface area contributed by atoms with Gasteiger partial charge in [0.25, 0.3) is 0 Å². The molecule has 0 spiro atoms. The third-order valence-electron chi connectivity index (χ3n) is 5.18. The SMILES string of the molecule is CC(C)(C)[C@]12CC[C@@H](CN(c3cc(Cl)nc(Cl)n3)C1)N2C(=O)O. The van der Waals surface area contributed by atoms with Crippen molar-refractivity contribution in [3.05, 3.63) is 16.5 Å². The number of piperazine rings is 1. The fourth-order valence-electron chi connectivity index (χ4n) is 4.00. The van der Waals surface area contributed by atoms with E-state index in [0.29, 0.717) is 18.9 Å². The summed E-state index contributed by atoms with van der Waals surface area (Å²) in [4.78, 5) is 23.8. The number of fused-ring (bicyclic) bond motifs is 2. The van der Waals surface area contributed by atoms with Crippen molar-refractivity contribution in [2.45, 2.75) is 45.2 Å². The van der Waals surface area contributed by atoms with Gasteiger partial charge in [-0.15, -0.1) is 0 Å². The summed E-state index contributed by atoms with van der Waals surface area (Å²) in [7, 11) is 0. The van der Waals surface area contributed by atoms with Crippen molar-refractivity contribution >= 4 is 35.1 Å². The third kappa shape index (κ3) is 2.62. The summed E-state index contributed by atoms with van der Waals surface area (Å²) in [5.41, 5.74) is -0.648. The molecule has 8 heteroatoms. The van der Waals surface area contributed by atoms with Gasteiger partial charge in [0, 0.05) is 19.2 Å². The van der Waals surface area contributed by atoms with Crippen LogP contribution in [0.2, 0.25) is 10.4 Å². The van der Waals surface area contributed by atoms with Gasteiger partial charge in [-0.3, -0.25) is 4.90 Å². The number of hydrogen-bond donors (Lipinski definition) is 1. The van der Waals surface area contributed by atoms with Crippen LogP contribution in [0.15, 0.2) is 6.07 Å². The molecule has 2 saturated heterocycles. The van der Waals surface area contributed by atoms with Crippen LogP contribution in [-0.2, 0) is 0 Å². The van der Waals surface area contributed by atoms with Crippen LogP contribution in [0, 0.1) is 5.41 Å². The first-order valence-corrected chi connectivity index (χ1v) is 8.37. The molecule has 1 aromatic rings. The number of nitrogens with zero attached hydrogens (tertiary/aromatic N) is 4. The highest BCUT2D eigenvalue weighted by Gasteiger charge is 2.59. The molecule has 2 aliphatic heterocycles. The van der Waals surface area contributed by atoms with Gasteiger partial charge >= 0.3 is 6.09 Å². The van der Waals surface area contributed by atoms with Crippen molar-refractivity contribution in [2.24, 2.45) is 5.41 Å². The molecule has 0 aromatic carbocycles. The zero-order valence-corrected chi connectivity index (χ0v) is 14.9. The smallest absolute Gasteiger partial charge is 0.408 e. The molecule has 126 valence electrons. The summed E-state index contributed by atoms with van der Waals surface area (Å²) in [6.45, 7) is 7.44. The number of carbonyl (C=O) groups is 1. The molecule has 2 aliphatic rings. The number of halogens is 2. The van der Waals surface area contributed by atoms with Crippen LogP contribution >= 0.6 is 23.2 Å². The van der Waals surface area contributed by atoms with E-state index in [9.17, 15) is 9.90 Å². The molecule has 23 heavy (non-hydrogen) atoms. The summed E-state index contributed by atoms with van der Waals surface area (Å²) < 4.78 is 0. The second kappa shape index (κ2) is 5.38. The van der Waals surface area contributed by atoms with Gasteiger partial charge in [0.2, 0.25) is 5.28 Å². The largest absolute Gasteiger partial charge is 0.465 e. The number of aromatic nitrogens is 2. The minimum atomic E-state index is -0.846. The minimum absolute atomic E-state index is 0.0482. The minimum Gasteiger partial charge on any atom is -0.465 e. The number of carboxylic acid groups (broad SMARTS) is 1. The maximum Gasteiger partial charge on any atom is 0.408 e. The normalized spacial score (nSPS) is 27.4. The Bertz CT molecular complexity index is 629. The zero-order chi connectivity index (χ0) is 17.0. The van der Waals surface area contributed by atoms with Crippen molar-refractivity contribution in [3.8, 4) is 0 Å². The van der Waals surface area contributed by atoms with Crippen molar-refractivity contribution < 1.29 is 9.90 Å². The first kappa shape index (κ1) is 16.6. The van der Waals surface area contributed by atoms with Crippen LogP contribution in [0.5, 0.6) is 0 Å². The molecule has 0 saturated carbocycles. The Morgan fingerprint density at radius 1 is 1.39 bits per heavy atom. The molecule has 0 aliphatic carbocycles. The first-order valence-electron chi connectivity index (χ1n) is 7.61. The average Bonchev–Trinajstić information content (AvgIpc) is 2.66. The second-order valence-corrected chi connectivity index (χ2v) is 8.05. The maximum absolute atomic E-state index is 11.9. The van der Waals surface area contributed by atoms with Crippen LogP contribution in [0.25, 0.3) is 0 Å². The van der Waals surface area contributed by atoms with E-state index in [-0.39, 0.29) is 21.9 Å². The number of anilines is 1. The third-order valence-corrected chi connectivity index (χ3v) is 5.54. The number of hydrogen-bond acceptors (Lipinski definition) is 4. The summed E-state index contributed by atoms with van der Waals surface area (Å²) in [6, 6.07) is 1.63. The van der Waals surface area contributed by atoms with Gasteiger partial charge in [0.1, 0.15) is 11.0 Å². The lowest BCUT2D eigenvalue weighted by Crippen LogP contribution is -2.68. The maximum atomic E-state index is 11.9.